The van der Waals surface area contributed by atoms with Gasteiger partial charge in [0.1, 0.15) is 4.21 Å². The van der Waals surface area contributed by atoms with Crippen molar-refractivity contribution in [1.82, 2.24) is 9.21 Å². The molecule has 0 radical (unpaired) electrons. The summed E-state index contributed by atoms with van der Waals surface area (Å²) in [6.45, 7) is 0.990. The van der Waals surface area contributed by atoms with Crippen LogP contribution in [0.2, 0.25) is 4.34 Å². The first-order valence-corrected chi connectivity index (χ1v) is 10.8. The molecule has 1 aliphatic rings. The van der Waals surface area contributed by atoms with Crippen molar-refractivity contribution in [3.63, 3.8) is 0 Å². The largest absolute Gasteiger partial charge is 0.380 e. The van der Waals surface area contributed by atoms with E-state index in [1.54, 1.807) is 4.90 Å². The summed E-state index contributed by atoms with van der Waals surface area (Å²) >= 11 is 6.80. The number of benzene rings is 1. The highest BCUT2D eigenvalue weighted by molar-refractivity contribution is 7.91. The van der Waals surface area contributed by atoms with Crippen LogP contribution in [-0.4, -0.2) is 56.3 Å². The number of carbonyl (C=O) groups excluding carboxylic acids is 1. The number of carbonyl (C=O) groups is 1. The fourth-order valence-corrected chi connectivity index (χ4v) is 5.65. The number of halogens is 1. The van der Waals surface area contributed by atoms with Gasteiger partial charge in [0.05, 0.1) is 10.9 Å². The van der Waals surface area contributed by atoms with Gasteiger partial charge in [0, 0.05) is 31.9 Å². The van der Waals surface area contributed by atoms with Crippen molar-refractivity contribution in [1.29, 1.82) is 0 Å². The van der Waals surface area contributed by atoms with Crippen LogP contribution in [0.3, 0.4) is 0 Å². The summed E-state index contributed by atoms with van der Waals surface area (Å²) in [6.07, 6.45) is 0.831. The first-order valence-electron chi connectivity index (χ1n) is 8.17. The summed E-state index contributed by atoms with van der Waals surface area (Å²) < 4.78 is 26.6. The molecule has 9 heteroatoms. The van der Waals surface area contributed by atoms with Crippen molar-refractivity contribution < 1.29 is 13.2 Å². The fourth-order valence-electron chi connectivity index (χ4n) is 2.84. The molecule has 1 unspecified atom stereocenters. The number of para-hydroxylation sites is 1. The van der Waals surface area contributed by atoms with Crippen LogP contribution >= 0.6 is 22.9 Å². The van der Waals surface area contributed by atoms with E-state index in [2.05, 4.69) is 5.32 Å². The Labute approximate surface area is 162 Å². The summed E-state index contributed by atoms with van der Waals surface area (Å²) in [4.78, 5) is 14.2. The van der Waals surface area contributed by atoms with Gasteiger partial charge in [0.2, 0.25) is 5.91 Å². The lowest BCUT2D eigenvalue weighted by atomic mass is 10.2. The second-order valence-electron chi connectivity index (χ2n) is 6.16. The topological polar surface area (TPSA) is 69.7 Å². The number of hydrogen-bond acceptors (Lipinski definition) is 5. The van der Waals surface area contributed by atoms with Crippen LogP contribution in [0.4, 0.5) is 5.69 Å². The zero-order valence-electron chi connectivity index (χ0n) is 14.3. The van der Waals surface area contributed by atoms with E-state index < -0.39 is 10.0 Å². The van der Waals surface area contributed by atoms with E-state index in [1.807, 2.05) is 30.3 Å². The molecule has 1 amide bonds. The van der Waals surface area contributed by atoms with Crippen LogP contribution in [0.1, 0.15) is 6.42 Å². The second-order valence-corrected chi connectivity index (χ2v) is 10.1. The van der Waals surface area contributed by atoms with Crippen LogP contribution < -0.4 is 5.32 Å². The maximum atomic E-state index is 12.5. The minimum atomic E-state index is -3.70. The molecule has 0 aliphatic carbocycles. The normalized spacial score (nSPS) is 17.7. The van der Waals surface area contributed by atoms with Gasteiger partial charge in [0.15, 0.2) is 0 Å². The van der Waals surface area contributed by atoms with E-state index in [-0.39, 0.29) is 22.7 Å². The predicted octanol–water partition coefficient (Wildman–Crippen LogP) is 2.74. The molecule has 1 aromatic carbocycles. The molecule has 140 valence electrons. The third-order valence-electron chi connectivity index (χ3n) is 4.26. The zero-order valence-corrected chi connectivity index (χ0v) is 16.6. The van der Waals surface area contributed by atoms with Crippen molar-refractivity contribution in [2.45, 2.75) is 16.7 Å². The minimum absolute atomic E-state index is 0.142. The van der Waals surface area contributed by atoms with Crippen molar-refractivity contribution in [2.75, 3.05) is 32.0 Å². The number of nitrogens with zero attached hydrogens (tertiary/aromatic N) is 2. The first kappa shape index (κ1) is 19.2. The van der Waals surface area contributed by atoms with Crippen LogP contribution in [-0.2, 0) is 14.8 Å². The monoisotopic (exact) mass is 413 g/mol. The van der Waals surface area contributed by atoms with Crippen LogP contribution in [0.15, 0.2) is 46.7 Å². The van der Waals surface area contributed by atoms with E-state index in [1.165, 1.54) is 19.2 Å². The van der Waals surface area contributed by atoms with E-state index >= 15 is 0 Å². The second kappa shape index (κ2) is 7.96. The van der Waals surface area contributed by atoms with Crippen LogP contribution in [0.25, 0.3) is 0 Å². The lowest BCUT2D eigenvalue weighted by molar-refractivity contribution is -0.130. The Morgan fingerprint density at radius 1 is 1.31 bits per heavy atom. The average Bonchev–Trinajstić information content (AvgIpc) is 3.25. The molecule has 2 heterocycles. The van der Waals surface area contributed by atoms with E-state index in [0.29, 0.717) is 17.4 Å². The van der Waals surface area contributed by atoms with Gasteiger partial charge >= 0.3 is 0 Å². The highest BCUT2D eigenvalue weighted by Crippen LogP contribution is 2.27. The number of anilines is 1. The molecule has 1 N–H and O–H groups in total. The third-order valence-corrected chi connectivity index (χ3v) is 7.76. The Bertz CT molecular complexity index is 870. The first-order chi connectivity index (χ1) is 12.4. The third kappa shape index (κ3) is 4.37. The number of amides is 1. The van der Waals surface area contributed by atoms with Gasteiger partial charge in [0.25, 0.3) is 10.0 Å². The summed E-state index contributed by atoms with van der Waals surface area (Å²) in [5.74, 6) is -0.198. The number of thiophene rings is 1. The molecule has 2 aromatic rings. The zero-order chi connectivity index (χ0) is 18.7. The Kier molecular flexibility index (Phi) is 5.86. The van der Waals surface area contributed by atoms with Gasteiger partial charge in [-0.2, -0.15) is 4.31 Å². The highest BCUT2D eigenvalue weighted by Gasteiger charge is 2.30. The molecule has 0 saturated carbocycles. The maximum Gasteiger partial charge on any atom is 0.252 e. The number of nitrogens with one attached hydrogen (secondary N) is 1. The molecule has 1 aliphatic heterocycles. The number of sulfonamides is 1. The Morgan fingerprint density at radius 2 is 2.04 bits per heavy atom. The molecule has 1 saturated heterocycles. The van der Waals surface area contributed by atoms with E-state index in [4.69, 9.17) is 11.6 Å². The standard InChI is InChI=1S/C17H20ClN3O3S2/c1-20(26(23,24)17-8-7-15(18)25-17)12-16(22)21-10-9-14(11-21)19-13-5-3-2-4-6-13/h2-8,14,19H,9-12H2,1H3. The van der Waals surface area contributed by atoms with Crippen LogP contribution in [0, 0.1) is 0 Å². The van der Waals surface area contributed by atoms with E-state index in [9.17, 15) is 13.2 Å². The Morgan fingerprint density at radius 3 is 2.69 bits per heavy atom. The summed E-state index contributed by atoms with van der Waals surface area (Å²) in [5.41, 5.74) is 1.01. The summed E-state index contributed by atoms with van der Waals surface area (Å²) in [6, 6.07) is 13.0. The molecular formula is C17H20ClN3O3S2. The quantitative estimate of drug-likeness (QED) is 0.790. The fraction of sp³-hybridized carbons (Fsp3) is 0.353. The van der Waals surface area contributed by atoms with Gasteiger partial charge in [-0.05, 0) is 30.7 Å². The molecule has 0 spiro atoms. The molecule has 1 aromatic heterocycles. The van der Waals surface area contributed by atoms with Gasteiger partial charge in [-0.3, -0.25) is 4.79 Å². The SMILES string of the molecule is CN(CC(=O)N1CCC(Nc2ccccc2)C1)S(=O)(=O)c1ccc(Cl)s1. The molecule has 1 fully saturated rings. The van der Waals surface area contributed by atoms with E-state index in [0.717, 1.165) is 27.8 Å². The Hall–Kier alpha value is -1.61. The van der Waals surface area contributed by atoms with Gasteiger partial charge < -0.3 is 10.2 Å². The van der Waals surface area contributed by atoms with Gasteiger partial charge in [-0.25, -0.2) is 8.42 Å². The van der Waals surface area contributed by atoms with Gasteiger partial charge in [-0.15, -0.1) is 11.3 Å². The van der Waals surface area contributed by atoms with Crippen molar-refractivity contribution in [3.8, 4) is 0 Å². The summed E-state index contributed by atoms with van der Waals surface area (Å²) in [7, 11) is -2.29. The predicted molar refractivity (Wildman–Crippen MR) is 104 cm³/mol. The van der Waals surface area contributed by atoms with Gasteiger partial charge in [-0.1, -0.05) is 29.8 Å². The lowest BCUT2D eigenvalue weighted by Crippen LogP contribution is -2.40. The van der Waals surface area contributed by atoms with Crippen LogP contribution in [0.5, 0.6) is 0 Å². The molecule has 6 nitrogen and oxygen atoms in total. The number of likely N-dealkylation sites (tertiary alicyclic amines) is 1. The molecule has 0 bridgehead atoms. The molecule has 1 atom stereocenters. The molecular weight excluding hydrogens is 394 g/mol. The number of likely N-dealkylation sites (N-methyl/N-ethyl adjacent to an activating group) is 1. The van der Waals surface area contributed by atoms with Crippen molar-refractivity contribution in [3.05, 3.63) is 46.8 Å². The number of rotatable bonds is 6. The minimum Gasteiger partial charge on any atom is -0.380 e. The smallest absolute Gasteiger partial charge is 0.252 e. The Balaban J connectivity index is 1.57. The highest BCUT2D eigenvalue weighted by atomic mass is 35.5. The maximum absolute atomic E-state index is 12.5. The number of hydrogen-bond donors (Lipinski definition) is 1. The average molecular weight is 414 g/mol. The van der Waals surface area contributed by atoms with Crippen molar-refractivity contribution >= 4 is 44.6 Å². The summed E-state index contributed by atoms with van der Waals surface area (Å²) in [5, 5.41) is 3.40. The molecule has 26 heavy (non-hydrogen) atoms. The van der Waals surface area contributed by atoms with Crippen molar-refractivity contribution in [2.24, 2.45) is 0 Å². The lowest BCUT2D eigenvalue weighted by Gasteiger charge is -2.21. The molecule has 3 rings (SSSR count).